The van der Waals surface area contributed by atoms with Gasteiger partial charge in [-0.1, -0.05) is 17.7 Å². The molecule has 28 heavy (non-hydrogen) atoms. The molecule has 2 aromatic rings. The van der Waals surface area contributed by atoms with E-state index in [-0.39, 0.29) is 4.90 Å². The first-order valence-electron chi connectivity index (χ1n) is 8.49. The van der Waals surface area contributed by atoms with Crippen molar-refractivity contribution in [1.29, 1.82) is 0 Å². The van der Waals surface area contributed by atoms with Crippen LogP contribution in [0.4, 0.5) is 5.69 Å². The summed E-state index contributed by atoms with van der Waals surface area (Å²) in [5.41, 5.74) is 1.40. The second-order valence-electron chi connectivity index (χ2n) is 6.08. The fourth-order valence-corrected chi connectivity index (χ4v) is 4.27. The number of ether oxygens (including phenoxy) is 1. The first kappa shape index (κ1) is 22.5. The Morgan fingerprint density at radius 3 is 2.46 bits per heavy atom. The molecule has 0 aliphatic carbocycles. The van der Waals surface area contributed by atoms with Gasteiger partial charge < -0.3 is 10.1 Å². The van der Waals surface area contributed by atoms with Crippen LogP contribution in [0.1, 0.15) is 12.0 Å². The lowest BCUT2D eigenvalue weighted by Gasteiger charge is -2.18. The standard InChI is InChI=1S/C19H23ClN2O4S2/c1-13-4-5-14(12-17(13)20)21-19(23)18(10-11-27-3)22-28(24,25)16-8-6-15(26-2)7-9-16/h4-9,12,18,22H,10-11H2,1-3H3,(H,21,23)/t18-/m0/s1. The number of halogens is 1. The SMILES string of the molecule is COc1ccc(S(=O)(=O)N[C@@H](CCSC)C(=O)Nc2ccc(C)c(Cl)c2)cc1. The first-order chi connectivity index (χ1) is 13.3. The molecule has 2 N–H and O–H groups in total. The molecule has 1 amide bonds. The van der Waals surface area contributed by atoms with Gasteiger partial charge in [0.25, 0.3) is 0 Å². The molecule has 0 spiro atoms. The van der Waals surface area contributed by atoms with Crippen molar-refractivity contribution >= 4 is 45.0 Å². The van der Waals surface area contributed by atoms with Gasteiger partial charge in [-0.15, -0.1) is 0 Å². The van der Waals surface area contributed by atoms with Crippen LogP contribution in [0.2, 0.25) is 5.02 Å². The molecule has 0 bridgehead atoms. The zero-order valence-electron chi connectivity index (χ0n) is 15.9. The quantitative estimate of drug-likeness (QED) is 0.618. The molecule has 1 atom stereocenters. The minimum Gasteiger partial charge on any atom is -0.497 e. The van der Waals surface area contributed by atoms with Crippen LogP contribution in [0.25, 0.3) is 0 Å². The summed E-state index contributed by atoms with van der Waals surface area (Å²) in [6, 6.07) is 10.2. The van der Waals surface area contributed by atoms with Gasteiger partial charge in [0.1, 0.15) is 11.8 Å². The van der Waals surface area contributed by atoms with Gasteiger partial charge in [0, 0.05) is 10.7 Å². The largest absolute Gasteiger partial charge is 0.497 e. The molecule has 0 heterocycles. The Bertz CT molecular complexity index is 918. The van der Waals surface area contributed by atoms with E-state index in [1.54, 1.807) is 30.3 Å². The van der Waals surface area contributed by atoms with E-state index in [2.05, 4.69) is 10.0 Å². The van der Waals surface area contributed by atoms with E-state index in [9.17, 15) is 13.2 Å². The van der Waals surface area contributed by atoms with Crippen molar-refractivity contribution in [2.24, 2.45) is 0 Å². The third-order valence-corrected chi connectivity index (χ3v) is 6.57. The summed E-state index contributed by atoms with van der Waals surface area (Å²) in [5.74, 6) is 0.732. The van der Waals surface area contributed by atoms with Crippen LogP contribution >= 0.6 is 23.4 Å². The smallest absolute Gasteiger partial charge is 0.242 e. The van der Waals surface area contributed by atoms with Crippen LogP contribution in [0.3, 0.4) is 0 Å². The molecular weight excluding hydrogens is 420 g/mol. The maximum absolute atomic E-state index is 12.7. The van der Waals surface area contributed by atoms with Gasteiger partial charge >= 0.3 is 0 Å². The summed E-state index contributed by atoms with van der Waals surface area (Å²) in [6.45, 7) is 1.86. The average molecular weight is 443 g/mol. The molecule has 9 heteroatoms. The molecule has 152 valence electrons. The molecule has 2 rings (SSSR count). The number of methoxy groups -OCH3 is 1. The fraction of sp³-hybridized carbons (Fsp3) is 0.316. The molecule has 0 saturated heterocycles. The number of amides is 1. The van der Waals surface area contributed by atoms with Crippen molar-refractivity contribution in [1.82, 2.24) is 4.72 Å². The van der Waals surface area contributed by atoms with E-state index in [4.69, 9.17) is 16.3 Å². The molecule has 0 aliphatic rings. The van der Waals surface area contributed by atoms with Crippen molar-refractivity contribution in [2.45, 2.75) is 24.3 Å². The second kappa shape index (κ2) is 10.2. The first-order valence-corrected chi connectivity index (χ1v) is 11.7. The zero-order chi connectivity index (χ0) is 20.7. The number of carbonyl (C=O) groups is 1. The monoisotopic (exact) mass is 442 g/mol. The molecule has 0 radical (unpaired) electrons. The van der Waals surface area contributed by atoms with Gasteiger partial charge in [-0.25, -0.2) is 8.42 Å². The predicted octanol–water partition coefficient (Wildman–Crippen LogP) is 3.70. The number of carbonyl (C=O) groups excluding carboxylic acids is 1. The minimum absolute atomic E-state index is 0.0635. The Balaban J connectivity index is 2.18. The van der Waals surface area contributed by atoms with E-state index >= 15 is 0 Å². The third-order valence-electron chi connectivity index (χ3n) is 4.03. The second-order valence-corrected chi connectivity index (χ2v) is 9.19. The maximum Gasteiger partial charge on any atom is 0.242 e. The number of hydrogen-bond donors (Lipinski definition) is 2. The number of sulfonamides is 1. The predicted molar refractivity (Wildman–Crippen MR) is 115 cm³/mol. The lowest BCUT2D eigenvalue weighted by molar-refractivity contribution is -0.117. The van der Waals surface area contributed by atoms with Crippen molar-refractivity contribution in [2.75, 3.05) is 24.4 Å². The Kier molecular flexibility index (Phi) is 8.18. The van der Waals surface area contributed by atoms with Gasteiger partial charge in [-0.3, -0.25) is 4.79 Å². The summed E-state index contributed by atoms with van der Waals surface area (Å²) in [7, 11) is -2.37. The summed E-state index contributed by atoms with van der Waals surface area (Å²) < 4.78 is 32.9. The number of aryl methyl sites for hydroxylation is 1. The molecule has 0 aromatic heterocycles. The zero-order valence-corrected chi connectivity index (χ0v) is 18.2. The van der Waals surface area contributed by atoms with Crippen LogP contribution in [0.15, 0.2) is 47.4 Å². The van der Waals surface area contributed by atoms with Gasteiger partial charge in [0.05, 0.1) is 12.0 Å². The Morgan fingerprint density at radius 2 is 1.89 bits per heavy atom. The van der Waals surface area contributed by atoms with E-state index in [1.807, 2.05) is 13.2 Å². The molecular formula is C19H23ClN2O4S2. The number of anilines is 1. The van der Waals surface area contributed by atoms with E-state index in [0.29, 0.717) is 28.6 Å². The highest BCUT2D eigenvalue weighted by molar-refractivity contribution is 7.98. The molecule has 0 aliphatic heterocycles. The van der Waals surface area contributed by atoms with Crippen molar-refractivity contribution < 1.29 is 17.9 Å². The van der Waals surface area contributed by atoms with E-state index in [1.165, 1.54) is 31.0 Å². The summed E-state index contributed by atoms with van der Waals surface area (Å²) >= 11 is 7.63. The van der Waals surface area contributed by atoms with Crippen LogP contribution < -0.4 is 14.8 Å². The fourth-order valence-electron chi connectivity index (χ4n) is 2.39. The lowest BCUT2D eigenvalue weighted by Crippen LogP contribution is -2.44. The number of nitrogens with one attached hydrogen (secondary N) is 2. The van der Waals surface area contributed by atoms with Crippen molar-refractivity contribution in [3.63, 3.8) is 0 Å². The number of hydrogen-bond acceptors (Lipinski definition) is 5. The number of thioether (sulfide) groups is 1. The third kappa shape index (κ3) is 6.13. The molecule has 0 unspecified atom stereocenters. The summed E-state index contributed by atoms with van der Waals surface area (Å²) in [5, 5.41) is 3.26. The molecule has 2 aromatic carbocycles. The maximum atomic E-state index is 12.7. The van der Waals surface area contributed by atoms with Gasteiger partial charge in [-0.2, -0.15) is 16.5 Å². The van der Waals surface area contributed by atoms with Crippen LogP contribution in [-0.2, 0) is 14.8 Å². The summed E-state index contributed by atoms with van der Waals surface area (Å²) in [4.78, 5) is 12.8. The van der Waals surface area contributed by atoms with Crippen LogP contribution in [-0.4, -0.2) is 39.5 Å². The Morgan fingerprint density at radius 1 is 1.21 bits per heavy atom. The van der Waals surface area contributed by atoms with E-state index < -0.39 is 22.0 Å². The molecule has 6 nitrogen and oxygen atoms in total. The molecule has 0 saturated carbocycles. The topological polar surface area (TPSA) is 84.5 Å². The normalized spacial score (nSPS) is 12.4. The Hall–Kier alpha value is -1.74. The highest BCUT2D eigenvalue weighted by Crippen LogP contribution is 2.21. The van der Waals surface area contributed by atoms with E-state index in [0.717, 1.165) is 5.56 Å². The number of benzene rings is 2. The van der Waals surface area contributed by atoms with Crippen molar-refractivity contribution in [3.05, 3.63) is 53.1 Å². The minimum atomic E-state index is -3.87. The lowest BCUT2D eigenvalue weighted by atomic mass is 10.2. The Labute approximate surface area is 175 Å². The number of rotatable bonds is 9. The van der Waals surface area contributed by atoms with Gasteiger partial charge in [0.2, 0.25) is 15.9 Å². The highest BCUT2D eigenvalue weighted by atomic mass is 35.5. The summed E-state index contributed by atoms with van der Waals surface area (Å²) in [6.07, 6.45) is 2.24. The van der Waals surface area contributed by atoms with Crippen LogP contribution in [0.5, 0.6) is 5.75 Å². The van der Waals surface area contributed by atoms with Crippen molar-refractivity contribution in [3.8, 4) is 5.75 Å². The van der Waals surface area contributed by atoms with Gasteiger partial charge in [-0.05, 0) is 67.3 Å². The highest BCUT2D eigenvalue weighted by Gasteiger charge is 2.25. The van der Waals surface area contributed by atoms with Crippen LogP contribution in [0, 0.1) is 6.92 Å². The molecule has 0 fully saturated rings. The average Bonchev–Trinajstić information content (AvgIpc) is 2.68. The van der Waals surface area contributed by atoms with Gasteiger partial charge in [0.15, 0.2) is 0 Å².